The molecule has 3 aromatic rings. The minimum atomic E-state index is -5.08. The van der Waals surface area contributed by atoms with Crippen molar-refractivity contribution in [3.05, 3.63) is 42.2 Å². The Labute approximate surface area is 172 Å². The Hall–Kier alpha value is -3.28. The van der Waals surface area contributed by atoms with E-state index in [4.69, 9.17) is 25.1 Å². The number of hydrogen-bond acceptors (Lipinski definition) is 7. The fourth-order valence-corrected chi connectivity index (χ4v) is 3.40. The van der Waals surface area contributed by atoms with Crippen LogP contribution in [-0.4, -0.2) is 44.7 Å². The standard InChI is InChI=1S/C16H16N4O2S.C2HF3O2/c1-10-15(23-16(17)18-10)12-6-7-20(19-12)8-11-9-21-13-4-2-3-5-14(13)22-11;3-2(4,5)1(6)7/h2-7,11H,8-9H2,1H3,(H2,17,18);(H,6,7). The van der Waals surface area contributed by atoms with E-state index in [2.05, 4.69) is 10.1 Å². The lowest BCUT2D eigenvalue weighted by molar-refractivity contribution is -0.192. The van der Waals surface area contributed by atoms with Crippen LogP contribution in [0.5, 0.6) is 11.5 Å². The largest absolute Gasteiger partial charge is 0.490 e. The summed E-state index contributed by atoms with van der Waals surface area (Å²) >= 11 is 1.45. The maximum Gasteiger partial charge on any atom is 0.490 e. The number of fused-ring (bicyclic) bond motifs is 1. The molecule has 0 radical (unpaired) electrons. The summed E-state index contributed by atoms with van der Waals surface area (Å²) in [7, 11) is 0. The molecule has 0 saturated heterocycles. The molecule has 2 aromatic heterocycles. The van der Waals surface area contributed by atoms with Gasteiger partial charge in [-0.25, -0.2) is 9.78 Å². The summed E-state index contributed by atoms with van der Waals surface area (Å²) in [4.78, 5) is 14.1. The number of aromatic nitrogens is 3. The van der Waals surface area contributed by atoms with Crippen LogP contribution in [0, 0.1) is 6.92 Å². The lowest BCUT2D eigenvalue weighted by atomic mass is 10.2. The average Bonchev–Trinajstić information content (AvgIpc) is 3.27. The van der Waals surface area contributed by atoms with Crippen LogP contribution in [0.3, 0.4) is 0 Å². The van der Waals surface area contributed by atoms with E-state index < -0.39 is 12.1 Å². The van der Waals surface area contributed by atoms with Gasteiger partial charge in [0.25, 0.3) is 0 Å². The second-order valence-electron chi connectivity index (χ2n) is 6.19. The molecule has 0 saturated carbocycles. The zero-order chi connectivity index (χ0) is 21.9. The minimum absolute atomic E-state index is 0.0646. The summed E-state index contributed by atoms with van der Waals surface area (Å²) in [5, 5.41) is 12.3. The Morgan fingerprint density at radius 2 is 2.00 bits per heavy atom. The highest BCUT2D eigenvalue weighted by atomic mass is 32.1. The van der Waals surface area contributed by atoms with Crippen molar-refractivity contribution in [3.63, 3.8) is 0 Å². The third-order valence-electron chi connectivity index (χ3n) is 3.89. The van der Waals surface area contributed by atoms with Gasteiger partial charge in [-0.1, -0.05) is 23.5 Å². The van der Waals surface area contributed by atoms with E-state index in [-0.39, 0.29) is 6.10 Å². The first-order valence-electron chi connectivity index (χ1n) is 8.59. The van der Waals surface area contributed by atoms with Gasteiger partial charge in [-0.2, -0.15) is 18.3 Å². The van der Waals surface area contributed by atoms with Crippen LogP contribution >= 0.6 is 11.3 Å². The molecule has 1 aliphatic heterocycles. The number of ether oxygens (including phenoxy) is 2. The van der Waals surface area contributed by atoms with Crippen LogP contribution in [0.2, 0.25) is 0 Å². The molecule has 1 aliphatic rings. The van der Waals surface area contributed by atoms with Gasteiger partial charge >= 0.3 is 12.1 Å². The number of carboxylic acids is 1. The van der Waals surface area contributed by atoms with E-state index in [0.717, 1.165) is 27.8 Å². The molecular formula is C18H17F3N4O4S. The van der Waals surface area contributed by atoms with E-state index in [1.54, 1.807) is 0 Å². The molecule has 1 aromatic carbocycles. The summed E-state index contributed by atoms with van der Waals surface area (Å²) < 4.78 is 45.3. The number of nitrogen functional groups attached to an aromatic ring is 1. The second kappa shape index (κ2) is 8.61. The van der Waals surface area contributed by atoms with Crippen LogP contribution in [-0.2, 0) is 11.3 Å². The number of aryl methyl sites for hydroxylation is 1. The third-order valence-corrected chi connectivity index (χ3v) is 4.90. The van der Waals surface area contributed by atoms with Crippen molar-refractivity contribution < 1.29 is 32.5 Å². The third kappa shape index (κ3) is 5.20. The lowest BCUT2D eigenvalue weighted by Gasteiger charge is -2.26. The Kier molecular flexibility index (Phi) is 6.15. The topological polar surface area (TPSA) is 112 Å². The van der Waals surface area contributed by atoms with Crippen LogP contribution in [0.4, 0.5) is 18.3 Å². The van der Waals surface area contributed by atoms with Crippen molar-refractivity contribution in [2.24, 2.45) is 0 Å². The number of alkyl halides is 3. The SMILES string of the molecule is Cc1nc(N)sc1-c1ccn(CC2COc3ccccc3O2)n1.O=C(O)C(F)(F)F. The summed E-state index contributed by atoms with van der Waals surface area (Å²) in [5.74, 6) is -1.18. The molecule has 3 N–H and O–H groups in total. The number of carboxylic acid groups (broad SMARTS) is 1. The Morgan fingerprint density at radius 1 is 1.33 bits per heavy atom. The summed E-state index contributed by atoms with van der Waals surface area (Å²) in [6.45, 7) is 3.08. The molecular weight excluding hydrogens is 425 g/mol. The number of aliphatic carboxylic acids is 1. The zero-order valence-corrected chi connectivity index (χ0v) is 16.4. The summed E-state index contributed by atoms with van der Waals surface area (Å²) in [6, 6.07) is 9.67. The first kappa shape index (κ1) is 21.4. The van der Waals surface area contributed by atoms with Gasteiger partial charge in [-0.3, -0.25) is 4.68 Å². The van der Waals surface area contributed by atoms with E-state index in [9.17, 15) is 13.2 Å². The molecule has 1 unspecified atom stereocenters. The summed E-state index contributed by atoms with van der Waals surface area (Å²) in [6.07, 6.45) is -3.21. The highest BCUT2D eigenvalue weighted by molar-refractivity contribution is 7.18. The number of anilines is 1. The molecule has 4 rings (SSSR count). The number of nitrogens with zero attached hydrogens (tertiary/aromatic N) is 3. The maximum atomic E-state index is 10.6. The van der Waals surface area contributed by atoms with Crippen molar-refractivity contribution in [1.82, 2.24) is 14.8 Å². The van der Waals surface area contributed by atoms with E-state index >= 15 is 0 Å². The molecule has 160 valence electrons. The van der Waals surface area contributed by atoms with Crippen molar-refractivity contribution in [1.29, 1.82) is 0 Å². The highest BCUT2D eigenvalue weighted by Gasteiger charge is 2.38. The molecule has 30 heavy (non-hydrogen) atoms. The number of benzene rings is 1. The number of carbonyl (C=O) groups is 1. The van der Waals surface area contributed by atoms with Gasteiger partial charge in [-0.15, -0.1) is 0 Å². The minimum Gasteiger partial charge on any atom is -0.486 e. The van der Waals surface area contributed by atoms with E-state index in [1.165, 1.54) is 11.3 Å². The van der Waals surface area contributed by atoms with Crippen LogP contribution in [0.1, 0.15) is 5.69 Å². The normalized spacial score (nSPS) is 15.3. The van der Waals surface area contributed by atoms with Crippen molar-refractivity contribution in [2.75, 3.05) is 12.3 Å². The van der Waals surface area contributed by atoms with Crippen LogP contribution < -0.4 is 15.2 Å². The smallest absolute Gasteiger partial charge is 0.486 e. The van der Waals surface area contributed by atoms with Gasteiger partial charge in [0.1, 0.15) is 12.3 Å². The predicted octanol–water partition coefficient (Wildman–Crippen LogP) is 3.37. The fraction of sp³-hybridized carbons (Fsp3) is 0.278. The van der Waals surface area contributed by atoms with E-state index in [1.807, 2.05) is 48.1 Å². The Bertz CT molecular complexity index is 1030. The van der Waals surface area contributed by atoms with E-state index in [0.29, 0.717) is 18.3 Å². The van der Waals surface area contributed by atoms with Crippen LogP contribution in [0.25, 0.3) is 10.6 Å². The number of hydrogen-bond donors (Lipinski definition) is 2. The van der Waals surface area contributed by atoms with Gasteiger partial charge in [0.05, 0.1) is 17.1 Å². The van der Waals surface area contributed by atoms with Gasteiger partial charge in [0, 0.05) is 6.20 Å². The molecule has 1 atom stereocenters. The fourth-order valence-electron chi connectivity index (χ4n) is 2.60. The molecule has 0 spiro atoms. The highest BCUT2D eigenvalue weighted by Crippen LogP contribution is 2.32. The molecule has 0 fully saturated rings. The second-order valence-corrected chi connectivity index (χ2v) is 7.22. The Balaban J connectivity index is 0.000000318. The zero-order valence-electron chi connectivity index (χ0n) is 15.6. The molecule has 3 heterocycles. The number of thiazole rings is 1. The monoisotopic (exact) mass is 442 g/mol. The number of halogens is 3. The van der Waals surface area contributed by atoms with Gasteiger partial charge in [0.15, 0.2) is 22.7 Å². The van der Waals surface area contributed by atoms with Crippen molar-refractivity contribution in [2.45, 2.75) is 25.7 Å². The number of para-hydroxylation sites is 2. The molecule has 12 heteroatoms. The van der Waals surface area contributed by atoms with Gasteiger partial charge in [-0.05, 0) is 25.1 Å². The quantitative estimate of drug-likeness (QED) is 0.640. The van der Waals surface area contributed by atoms with Crippen molar-refractivity contribution in [3.8, 4) is 22.1 Å². The molecule has 8 nitrogen and oxygen atoms in total. The maximum absolute atomic E-state index is 10.6. The first-order chi connectivity index (χ1) is 14.1. The average molecular weight is 442 g/mol. The van der Waals surface area contributed by atoms with Gasteiger partial charge in [0.2, 0.25) is 0 Å². The van der Waals surface area contributed by atoms with Gasteiger partial charge < -0.3 is 20.3 Å². The number of nitrogens with two attached hydrogens (primary N) is 1. The molecule has 0 aliphatic carbocycles. The molecule has 0 bridgehead atoms. The Morgan fingerprint density at radius 3 is 2.60 bits per heavy atom. The van der Waals surface area contributed by atoms with Crippen molar-refractivity contribution >= 4 is 22.4 Å². The molecule has 0 amide bonds. The first-order valence-corrected chi connectivity index (χ1v) is 9.40. The number of rotatable bonds is 3. The summed E-state index contributed by atoms with van der Waals surface area (Å²) in [5.41, 5.74) is 7.54. The lowest BCUT2D eigenvalue weighted by Crippen LogP contribution is -2.33. The van der Waals surface area contributed by atoms with Crippen LogP contribution in [0.15, 0.2) is 36.5 Å². The predicted molar refractivity (Wildman–Crippen MR) is 103 cm³/mol.